The Morgan fingerprint density at radius 1 is 1.38 bits per heavy atom. The van der Waals surface area contributed by atoms with Crippen molar-refractivity contribution in [2.45, 2.75) is 58.5 Å². The molecule has 1 aromatic rings. The largest absolute Gasteiger partial charge is 0.313 e. The molecular weight excluding hydrogens is 284 g/mol. The predicted molar refractivity (Wildman–Crippen MR) is 88.8 cm³/mol. The van der Waals surface area contributed by atoms with Gasteiger partial charge in [-0.25, -0.2) is 0 Å². The highest BCUT2D eigenvalue weighted by Gasteiger charge is 2.20. The Kier molecular flexibility index (Phi) is 6.52. The number of nitrogens with zero attached hydrogens (tertiary/aromatic N) is 3. The first-order chi connectivity index (χ1) is 10.2. The van der Waals surface area contributed by atoms with E-state index in [2.05, 4.69) is 29.2 Å². The maximum absolute atomic E-state index is 6.49. The Hall–Kier alpha value is -0.580. The summed E-state index contributed by atoms with van der Waals surface area (Å²) in [5, 5.41) is 9.03. The summed E-state index contributed by atoms with van der Waals surface area (Å²) in [4.78, 5) is 2.52. The van der Waals surface area contributed by atoms with Crippen LogP contribution < -0.4 is 5.32 Å². The van der Waals surface area contributed by atoms with Crippen LogP contribution in [-0.4, -0.2) is 40.4 Å². The van der Waals surface area contributed by atoms with Crippen molar-refractivity contribution in [1.29, 1.82) is 0 Å². The lowest BCUT2D eigenvalue weighted by atomic mass is 10.0. The van der Waals surface area contributed by atoms with E-state index in [9.17, 15) is 0 Å². The first-order valence-corrected chi connectivity index (χ1v) is 8.69. The summed E-state index contributed by atoms with van der Waals surface area (Å²) >= 11 is 6.49. The van der Waals surface area contributed by atoms with Gasteiger partial charge in [-0.15, -0.1) is 0 Å². The molecule has 120 valence electrons. The van der Waals surface area contributed by atoms with Gasteiger partial charge in [0.05, 0.1) is 16.4 Å². The molecule has 1 atom stereocenters. The van der Waals surface area contributed by atoms with E-state index in [4.69, 9.17) is 11.6 Å². The van der Waals surface area contributed by atoms with E-state index >= 15 is 0 Å². The molecule has 21 heavy (non-hydrogen) atoms. The molecule has 5 heteroatoms. The number of aryl methyl sites for hydroxylation is 2. The van der Waals surface area contributed by atoms with Gasteiger partial charge in [-0.05, 0) is 38.8 Å². The number of rotatable bonds is 7. The number of hydrogen-bond acceptors (Lipinski definition) is 3. The lowest BCUT2D eigenvalue weighted by Gasteiger charge is -2.30. The van der Waals surface area contributed by atoms with Crippen LogP contribution in [0.1, 0.15) is 50.9 Å². The Bertz CT molecular complexity index is 438. The Balaban J connectivity index is 2.03. The number of halogens is 1. The van der Waals surface area contributed by atoms with Crippen LogP contribution in [0.3, 0.4) is 0 Å². The highest BCUT2D eigenvalue weighted by Crippen LogP contribution is 2.22. The van der Waals surface area contributed by atoms with Crippen LogP contribution in [0, 0.1) is 0 Å². The summed E-state index contributed by atoms with van der Waals surface area (Å²) in [5.74, 6) is 0. The van der Waals surface area contributed by atoms with Gasteiger partial charge in [0.1, 0.15) is 0 Å². The van der Waals surface area contributed by atoms with E-state index in [0.29, 0.717) is 6.04 Å². The van der Waals surface area contributed by atoms with Gasteiger partial charge in [0, 0.05) is 26.2 Å². The molecule has 2 rings (SSSR count). The molecule has 1 aliphatic heterocycles. The van der Waals surface area contributed by atoms with Crippen LogP contribution in [0.2, 0.25) is 5.02 Å². The zero-order valence-corrected chi connectivity index (χ0v) is 14.4. The van der Waals surface area contributed by atoms with Crippen LogP contribution in [0.15, 0.2) is 0 Å². The molecule has 1 unspecified atom stereocenters. The SMILES string of the molecule is CCCN(Cc1c(Cl)c(CC)nn1C)CC1CCCCN1. The summed E-state index contributed by atoms with van der Waals surface area (Å²) < 4.78 is 1.96. The molecule has 0 radical (unpaired) electrons. The third-order valence-electron chi connectivity index (χ3n) is 4.31. The monoisotopic (exact) mass is 312 g/mol. The second-order valence-electron chi connectivity index (χ2n) is 6.07. The molecule has 1 N–H and O–H groups in total. The van der Waals surface area contributed by atoms with Crippen molar-refractivity contribution >= 4 is 11.6 Å². The zero-order chi connectivity index (χ0) is 15.2. The van der Waals surface area contributed by atoms with Crippen LogP contribution in [0.5, 0.6) is 0 Å². The molecule has 0 amide bonds. The van der Waals surface area contributed by atoms with Gasteiger partial charge < -0.3 is 5.32 Å². The van der Waals surface area contributed by atoms with Crippen molar-refractivity contribution in [1.82, 2.24) is 20.0 Å². The van der Waals surface area contributed by atoms with Gasteiger partial charge in [0.25, 0.3) is 0 Å². The standard InChI is InChI=1S/C16H29ClN4/c1-4-10-21(11-13-8-6-7-9-18-13)12-15-16(17)14(5-2)19-20(15)3/h13,18H,4-12H2,1-3H3. The predicted octanol–water partition coefficient (Wildman–Crippen LogP) is 2.99. The van der Waals surface area contributed by atoms with Gasteiger partial charge in [-0.1, -0.05) is 31.9 Å². The highest BCUT2D eigenvalue weighted by atomic mass is 35.5. The smallest absolute Gasteiger partial charge is 0.0863 e. The Labute approximate surface area is 133 Å². The molecule has 1 aromatic heterocycles. The van der Waals surface area contributed by atoms with Crippen molar-refractivity contribution in [3.05, 3.63) is 16.4 Å². The quantitative estimate of drug-likeness (QED) is 0.840. The zero-order valence-electron chi connectivity index (χ0n) is 13.7. The normalized spacial score (nSPS) is 19.4. The van der Waals surface area contributed by atoms with E-state index in [1.807, 2.05) is 11.7 Å². The van der Waals surface area contributed by atoms with E-state index in [0.717, 1.165) is 49.0 Å². The van der Waals surface area contributed by atoms with E-state index in [1.54, 1.807) is 0 Å². The van der Waals surface area contributed by atoms with Crippen molar-refractivity contribution in [3.8, 4) is 0 Å². The van der Waals surface area contributed by atoms with Gasteiger partial charge in [0.2, 0.25) is 0 Å². The van der Waals surface area contributed by atoms with Crippen molar-refractivity contribution in [2.24, 2.45) is 7.05 Å². The van der Waals surface area contributed by atoms with E-state index < -0.39 is 0 Å². The lowest BCUT2D eigenvalue weighted by Crippen LogP contribution is -2.43. The van der Waals surface area contributed by atoms with Crippen molar-refractivity contribution in [3.63, 3.8) is 0 Å². The fraction of sp³-hybridized carbons (Fsp3) is 0.812. The van der Waals surface area contributed by atoms with E-state index in [1.165, 1.54) is 25.7 Å². The summed E-state index contributed by atoms with van der Waals surface area (Å²) in [6, 6.07) is 0.628. The van der Waals surface area contributed by atoms with Crippen LogP contribution >= 0.6 is 11.6 Å². The first-order valence-electron chi connectivity index (χ1n) is 8.31. The van der Waals surface area contributed by atoms with Gasteiger partial charge in [-0.2, -0.15) is 5.10 Å². The van der Waals surface area contributed by atoms with Crippen LogP contribution in [0.4, 0.5) is 0 Å². The lowest BCUT2D eigenvalue weighted by molar-refractivity contribution is 0.213. The molecular formula is C16H29ClN4. The third-order valence-corrected chi connectivity index (χ3v) is 4.74. The second kappa shape index (κ2) is 8.16. The first kappa shape index (κ1) is 16.8. The van der Waals surface area contributed by atoms with Crippen molar-refractivity contribution < 1.29 is 0 Å². The second-order valence-corrected chi connectivity index (χ2v) is 6.44. The minimum absolute atomic E-state index is 0.628. The topological polar surface area (TPSA) is 33.1 Å². The molecule has 1 saturated heterocycles. The maximum atomic E-state index is 6.49. The molecule has 0 aliphatic carbocycles. The molecule has 0 saturated carbocycles. The number of nitrogens with one attached hydrogen (secondary N) is 1. The molecule has 0 spiro atoms. The number of piperidine rings is 1. The fourth-order valence-corrected chi connectivity index (χ4v) is 3.50. The summed E-state index contributed by atoms with van der Waals surface area (Å²) in [5.41, 5.74) is 2.17. The van der Waals surface area contributed by atoms with E-state index in [-0.39, 0.29) is 0 Å². The summed E-state index contributed by atoms with van der Waals surface area (Å²) in [6.45, 7) is 8.63. The van der Waals surface area contributed by atoms with Crippen molar-refractivity contribution in [2.75, 3.05) is 19.6 Å². The third kappa shape index (κ3) is 4.44. The average Bonchev–Trinajstić information content (AvgIpc) is 2.76. The highest BCUT2D eigenvalue weighted by molar-refractivity contribution is 6.31. The van der Waals surface area contributed by atoms with Gasteiger partial charge in [-0.3, -0.25) is 9.58 Å². The average molecular weight is 313 g/mol. The minimum Gasteiger partial charge on any atom is -0.313 e. The minimum atomic E-state index is 0.628. The maximum Gasteiger partial charge on any atom is 0.0863 e. The Morgan fingerprint density at radius 2 is 2.19 bits per heavy atom. The van der Waals surface area contributed by atoms with Gasteiger partial charge >= 0.3 is 0 Å². The number of hydrogen-bond donors (Lipinski definition) is 1. The van der Waals surface area contributed by atoms with Crippen LogP contribution in [-0.2, 0) is 20.0 Å². The molecule has 1 fully saturated rings. The molecule has 4 nitrogen and oxygen atoms in total. The van der Waals surface area contributed by atoms with Crippen LogP contribution in [0.25, 0.3) is 0 Å². The Morgan fingerprint density at radius 3 is 2.76 bits per heavy atom. The molecule has 1 aliphatic rings. The molecule has 0 aromatic carbocycles. The summed E-state index contributed by atoms with van der Waals surface area (Å²) in [6.07, 6.45) is 6.02. The molecule has 0 bridgehead atoms. The molecule has 2 heterocycles. The summed E-state index contributed by atoms with van der Waals surface area (Å²) in [7, 11) is 2.00. The number of aromatic nitrogens is 2. The fourth-order valence-electron chi connectivity index (χ4n) is 3.15. The van der Waals surface area contributed by atoms with Gasteiger partial charge in [0.15, 0.2) is 0 Å².